The predicted octanol–water partition coefficient (Wildman–Crippen LogP) is 3.58. The third-order valence-corrected chi connectivity index (χ3v) is 3.91. The summed E-state index contributed by atoms with van der Waals surface area (Å²) in [6.45, 7) is 1.91. The van der Waals surface area contributed by atoms with E-state index in [0.717, 1.165) is 0 Å². The molecule has 0 aliphatic heterocycles. The van der Waals surface area contributed by atoms with Crippen LogP contribution in [0.3, 0.4) is 0 Å². The monoisotopic (exact) mass is 392 g/mol. The molecule has 0 saturated carbocycles. The van der Waals surface area contributed by atoms with Crippen LogP contribution in [0.2, 0.25) is 5.02 Å². The summed E-state index contributed by atoms with van der Waals surface area (Å²) < 4.78 is 15.4. The fraction of sp³-hybridized carbons (Fsp3) is 0.263. The van der Waals surface area contributed by atoms with E-state index >= 15 is 0 Å². The molecule has 0 heterocycles. The molecule has 2 N–H and O–H groups in total. The molecule has 0 aliphatic carbocycles. The van der Waals surface area contributed by atoms with E-state index in [1.807, 2.05) is 0 Å². The first-order chi connectivity index (χ1) is 13.0. The summed E-state index contributed by atoms with van der Waals surface area (Å²) in [6.07, 6.45) is 0. The van der Waals surface area contributed by atoms with Crippen LogP contribution in [0.25, 0.3) is 0 Å². The number of benzene rings is 2. The van der Waals surface area contributed by atoms with Crippen molar-refractivity contribution in [1.82, 2.24) is 0 Å². The first kappa shape index (κ1) is 20.4. The third kappa shape index (κ3) is 5.27. The summed E-state index contributed by atoms with van der Waals surface area (Å²) in [5, 5.41) is 6.03. The minimum absolute atomic E-state index is 0.0593. The molecule has 0 spiro atoms. The molecule has 8 heteroatoms. The van der Waals surface area contributed by atoms with E-state index < -0.39 is 5.97 Å². The van der Waals surface area contributed by atoms with Gasteiger partial charge in [0.25, 0.3) is 0 Å². The van der Waals surface area contributed by atoms with Gasteiger partial charge in [0.15, 0.2) is 0 Å². The second kappa shape index (κ2) is 9.68. The molecule has 2 rings (SSSR count). The molecule has 0 bridgehead atoms. The summed E-state index contributed by atoms with van der Waals surface area (Å²) in [7, 11) is 3.01. The van der Waals surface area contributed by atoms with Crippen molar-refractivity contribution in [2.75, 3.05) is 38.0 Å². The fourth-order valence-electron chi connectivity index (χ4n) is 2.35. The van der Waals surface area contributed by atoms with Gasteiger partial charge in [-0.3, -0.25) is 4.79 Å². The quantitative estimate of drug-likeness (QED) is 0.668. The molecule has 0 saturated heterocycles. The van der Waals surface area contributed by atoms with Gasteiger partial charge in [-0.1, -0.05) is 23.7 Å². The Morgan fingerprint density at radius 2 is 1.74 bits per heavy atom. The zero-order valence-electron chi connectivity index (χ0n) is 15.3. The molecule has 144 valence electrons. The first-order valence-electron chi connectivity index (χ1n) is 8.21. The van der Waals surface area contributed by atoms with Crippen LogP contribution >= 0.6 is 11.6 Å². The lowest BCUT2D eigenvalue weighted by atomic mass is 10.2. The lowest BCUT2D eigenvalue weighted by molar-refractivity contribution is -0.114. The van der Waals surface area contributed by atoms with E-state index in [2.05, 4.69) is 10.6 Å². The maximum Gasteiger partial charge on any atom is 0.340 e. The van der Waals surface area contributed by atoms with Crippen LogP contribution in [-0.2, 0) is 9.53 Å². The number of nitrogens with one attached hydrogen (secondary N) is 2. The van der Waals surface area contributed by atoms with Crippen LogP contribution < -0.4 is 20.1 Å². The molecule has 0 fully saturated rings. The van der Waals surface area contributed by atoms with Gasteiger partial charge in [-0.2, -0.15) is 0 Å². The number of carbonyl (C=O) groups excluding carboxylic acids is 2. The number of anilines is 2. The summed E-state index contributed by atoms with van der Waals surface area (Å²) in [5.74, 6) is 0.105. The van der Waals surface area contributed by atoms with Crippen molar-refractivity contribution in [1.29, 1.82) is 0 Å². The molecule has 7 nitrogen and oxygen atoms in total. The summed E-state index contributed by atoms with van der Waals surface area (Å²) in [4.78, 5) is 24.3. The highest BCUT2D eigenvalue weighted by Gasteiger charge is 2.15. The Morgan fingerprint density at radius 3 is 2.41 bits per heavy atom. The van der Waals surface area contributed by atoms with E-state index in [-0.39, 0.29) is 24.6 Å². The molecule has 2 aromatic rings. The van der Waals surface area contributed by atoms with Gasteiger partial charge in [0, 0.05) is 6.07 Å². The number of amides is 1. The minimum atomic E-state index is -0.495. The van der Waals surface area contributed by atoms with Gasteiger partial charge in [0.2, 0.25) is 5.91 Å². The predicted molar refractivity (Wildman–Crippen MR) is 104 cm³/mol. The number of rotatable bonds is 8. The zero-order valence-corrected chi connectivity index (χ0v) is 16.1. The highest BCUT2D eigenvalue weighted by Crippen LogP contribution is 2.35. The average molecular weight is 393 g/mol. The van der Waals surface area contributed by atoms with Crippen molar-refractivity contribution in [2.45, 2.75) is 6.92 Å². The lowest BCUT2D eigenvalue weighted by Crippen LogP contribution is -2.23. The van der Waals surface area contributed by atoms with Gasteiger partial charge in [-0.25, -0.2) is 4.79 Å². The Hall–Kier alpha value is -2.93. The zero-order chi connectivity index (χ0) is 19.8. The second-order valence-electron chi connectivity index (χ2n) is 5.35. The van der Waals surface area contributed by atoms with Gasteiger partial charge >= 0.3 is 5.97 Å². The van der Waals surface area contributed by atoms with Gasteiger partial charge in [0.1, 0.15) is 11.5 Å². The number of para-hydroxylation sites is 1. The molecule has 0 aliphatic rings. The van der Waals surface area contributed by atoms with E-state index in [4.69, 9.17) is 25.8 Å². The van der Waals surface area contributed by atoms with Crippen molar-refractivity contribution in [3.8, 4) is 11.5 Å². The van der Waals surface area contributed by atoms with E-state index in [1.165, 1.54) is 14.2 Å². The Bertz CT molecular complexity index is 826. The molecule has 27 heavy (non-hydrogen) atoms. The molecule has 0 aromatic heterocycles. The summed E-state index contributed by atoms with van der Waals surface area (Å²) in [6, 6.07) is 9.88. The largest absolute Gasteiger partial charge is 0.495 e. The number of hydrogen-bond donors (Lipinski definition) is 2. The van der Waals surface area contributed by atoms with Crippen LogP contribution in [-0.4, -0.2) is 39.2 Å². The molecular weight excluding hydrogens is 372 g/mol. The lowest BCUT2D eigenvalue weighted by Gasteiger charge is -2.14. The maximum absolute atomic E-state index is 12.3. The Morgan fingerprint density at radius 1 is 1.04 bits per heavy atom. The topological polar surface area (TPSA) is 85.9 Å². The van der Waals surface area contributed by atoms with E-state index in [9.17, 15) is 9.59 Å². The standard InChI is InChI=1S/C19H21ClN2O5/c1-4-27-19(24)12-7-5-6-8-14(12)22-18(23)11-21-15-9-13(20)16(25-2)10-17(15)26-3/h5-10,21H,4,11H2,1-3H3,(H,22,23). The molecular formula is C19H21ClN2O5. The van der Waals surface area contributed by atoms with Crippen LogP contribution in [0, 0.1) is 0 Å². The van der Waals surface area contributed by atoms with Gasteiger partial charge in [0.05, 0.1) is 49.3 Å². The SMILES string of the molecule is CCOC(=O)c1ccccc1NC(=O)CNc1cc(Cl)c(OC)cc1OC. The Kier molecular flexibility index (Phi) is 7.31. The molecule has 2 aromatic carbocycles. The molecule has 0 unspecified atom stereocenters. The smallest absolute Gasteiger partial charge is 0.340 e. The average Bonchev–Trinajstić information content (AvgIpc) is 2.67. The first-order valence-corrected chi connectivity index (χ1v) is 8.59. The van der Waals surface area contributed by atoms with Crippen molar-refractivity contribution in [2.24, 2.45) is 0 Å². The van der Waals surface area contributed by atoms with Crippen LogP contribution in [0.5, 0.6) is 11.5 Å². The van der Waals surface area contributed by atoms with Crippen molar-refractivity contribution in [3.05, 3.63) is 47.0 Å². The van der Waals surface area contributed by atoms with Gasteiger partial charge in [-0.15, -0.1) is 0 Å². The normalized spacial score (nSPS) is 10.1. The van der Waals surface area contributed by atoms with Gasteiger partial charge < -0.3 is 24.8 Å². The number of esters is 1. The van der Waals surface area contributed by atoms with Crippen LogP contribution in [0.15, 0.2) is 36.4 Å². The van der Waals surface area contributed by atoms with Crippen LogP contribution in [0.1, 0.15) is 17.3 Å². The number of halogens is 1. The van der Waals surface area contributed by atoms with E-state index in [0.29, 0.717) is 27.9 Å². The van der Waals surface area contributed by atoms with Gasteiger partial charge in [-0.05, 0) is 25.1 Å². The summed E-state index contributed by atoms with van der Waals surface area (Å²) in [5.41, 5.74) is 1.21. The molecule has 1 amide bonds. The highest BCUT2D eigenvalue weighted by molar-refractivity contribution is 6.32. The second-order valence-corrected chi connectivity index (χ2v) is 5.76. The highest BCUT2D eigenvalue weighted by atomic mass is 35.5. The number of hydrogen-bond acceptors (Lipinski definition) is 6. The van der Waals surface area contributed by atoms with Crippen molar-refractivity contribution in [3.63, 3.8) is 0 Å². The van der Waals surface area contributed by atoms with E-state index in [1.54, 1.807) is 43.3 Å². The number of carbonyl (C=O) groups is 2. The van der Waals surface area contributed by atoms with Crippen LogP contribution in [0.4, 0.5) is 11.4 Å². The van der Waals surface area contributed by atoms with Crippen molar-refractivity contribution < 1.29 is 23.8 Å². The Labute approximate surface area is 162 Å². The molecule has 0 radical (unpaired) electrons. The Balaban J connectivity index is 2.08. The fourth-order valence-corrected chi connectivity index (χ4v) is 2.59. The number of ether oxygens (including phenoxy) is 3. The summed E-state index contributed by atoms with van der Waals surface area (Å²) >= 11 is 6.12. The van der Waals surface area contributed by atoms with Crippen molar-refractivity contribution >= 4 is 34.9 Å². The number of methoxy groups -OCH3 is 2. The minimum Gasteiger partial charge on any atom is -0.495 e. The third-order valence-electron chi connectivity index (χ3n) is 3.61. The maximum atomic E-state index is 12.3. The molecule has 0 atom stereocenters.